The number of thiophene rings is 1. The highest BCUT2D eigenvalue weighted by atomic mass is 32.1. The first kappa shape index (κ1) is 14.4. The van der Waals surface area contributed by atoms with Gasteiger partial charge in [-0.05, 0) is 44.2 Å². The molecule has 1 unspecified atom stereocenters. The first-order valence-corrected chi connectivity index (χ1v) is 9.45. The van der Waals surface area contributed by atoms with Crippen LogP contribution in [0.4, 0.5) is 0 Å². The van der Waals surface area contributed by atoms with E-state index in [0.717, 1.165) is 64.4 Å². The van der Waals surface area contributed by atoms with Crippen LogP contribution in [0.5, 0.6) is 0 Å². The predicted molar refractivity (Wildman–Crippen MR) is 94.4 cm³/mol. The molecule has 3 aromatic rings. The summed E-state index contributed by atoms with van der Waals surface area (Å²) in [6.45, 7) is 0.993. The Morgan fingerprint density at radius 1 is 1.21 bits per heavy atom. The summed E-state index contributed by atoms with van der Waals surface area (Å²) in [7, 11) is 0. The molecule has 4 heterocycles. The quantitative estimate of drug-likeness (QED) is 0.635. The first-order chi connectivity index (χ1) is 11.8. The number of rotatable bonds is 1. The maximum absolute atomic E-state index is 12.7. The summed E-state index contributed by atoms with van der Waals surface area (Å²) in [5.41, 5.74) is 4.35. The molecule has 0 saturated carbocycles. The number of aryl methyl sites for hydroxylation is 2. The molecular weight excluding hydrogens is 322 g/mol. The van der Waals surface area contributed by atoms with Gasteiger partial charge < -0.3 is 10.3 Å². The predicted octanol–water partition coefficient (Wildman–Crippen LogP) is 2.68. The van der Waals surface area contributed by atoms with Gasteiger partial charge in [0.05, 0.1) is 17.3 Å². The topological polar surface area (TPSA) is 86.5 Å². The second kappa shape index (κ2) is 5.53. The third kappa shape index (κ3) is 2.15. The number of fused-ring (bicyclic) bond motifs is 5. The smallest absolute Gasteiger partial charge is 0.268 e. The highest BCUT2D eigenvalue weighted by molar-refractivity contribution is 7.22. The Bertz CT molecular complexity index is 963. The number of piperidine rings is 1. The van der Waals surface area contributed by atoms with E-state index in [4.69, 9.17) is 4.98 Å². The zero-order valence-corrected chi connectivity index (χ0v) is 14.1. The van der Waals surface area contributed by atoms with Crippen molar-refractivity contribution in [2.24, 2.45) is 0 Å². The summed E-state index contributed by atoms with van der Waals surface area (Å²) in [4.78, 5) is 21.7. The van der Waals surface area contributed by atoms with E-state index in [9.17, 15) is 4.79 Å². The van der Waals surface area contributed by atoms with E-state index < -0.39 is 0 Å². The average molecular weight is 341 g/mol. The minimum atomic E-state index is -0.00880. The molecule has 124 valence electrons. The summed E-state index contributed by atoms with van der Waals surface area (Å²) in [6.07, 6.45) is 8.34. The Morgan fingerprint density at radius 3 is 3.04 bits per heavy atom. The Balaban J connectivity index is 1.71. The van der Waals surface area contributed by atoms with Crippen LogP contribution in [-0.4, -0.2) is 26.7 Å². The number of H-pyrrole nitrogens is 2. The zero-order valence-electron chi connectivity index (χ0n) is 13.3. The molecule has 24 heavy (non-hydrogen) atoms. The number of nitrogens with one attached hydrogen (secondary N) is 3. The fourth-order valence-electron chi connectivity index (χ4n) is 3.89. The summed E-state index contributed by atoms with van der Waals surface area (Å²) in [6, 6.07) is 0.168. The second-order valence-corrected chi connectivity index (χ2v) is 7.66. The lowest BCUT2D eigenvalue weighted by Crippen LogP contribution is -2.29. The second-order valence-electron chi connectivity index (χ2n) is 6.64. The average Bonchev–Trinajstić information content (AvgIpc) is 3.17. The number of aromatic amines is 2. The minimum absolute atomic E-state index is 0.00880. The molecule has 0 radical (unpaired) electrons. The van der Waals surface area contributed by atoms with Crippen molar-refractivity contribution in [3.63, 3.8) is 0 Å². The minimum Gasteiger partial charge on any atom is -0.308 e. The number of hydrogen-bond donors (Lipinski definition) is 3. The molecule has 0 spiro atoms. The van der Waals surface area contributed by atoms with Crippen LogP contribution in [0.25, 0.3) is 20.7 Å². The van der Waals surface area contributed by atoms with Gasteiger partial charge in [0.25, 0.3) is 5.56 Å². The molecule has 5 rings (SSSR count). The van der Waals surface area contributed by atoms with E-state index in [1.165, 1.54) is 18.4 Å². The van der Waals surface area contributed by atoms with Crippen molar-refractivity contribution < 1.29 is 0 Å². The van der Waals surface area contributed by atoms with Crippen molar-refractivity contribution in [2.45, 2.75) is 44.6 Å². The van der Waals surface area contributed by atoms with Gasteiger partial charge in [0.2, 0.25) is 0 Å². The van der Waals surface area contributed by atoms with Crippen molar-refractivity contribution in [3.05, 3.63) is 33.6 Å². The molecule has 6 nitrogen and oxygen atoms in total. The Labute approximate surface area is 142 Å². The lowest BCUT2D eigenvalue weighted by atomic mass is 10.0. The standard InChI is InChI=1S/C17H19N5OS/c23-17-15-13(20-16(21-17)12-5-1-2-7-18-12)9-4-3-6-11-10(8-19-22-11)14(9)24-15/h8,12,18H,1-7H2,(H,19,22)(H,20,21,23). The summed E-state index contributed by atoms with van der Waals surface area (Å²) in [5, 5.41) is 10.8. The number of aromatic nitrogens is 4. The Kier molecular flexibility index (Phi) is 3.31. The molecule has 1 aliphatic carbocycles. The highest BCUT2D eigenvalue weighted by Crippen LogP contribution is 2.40. The van der Waals surface area contributed by atoms with Gasteiger partial charge >= 0.3 is 0 Å². The van der Waals surface area contributed by atoms with Crippen molar-refractivity contribution in [2.75, 3.05) is 6.54 Å². The van der Waals surface area contributed by atoms with Crippen LogP contribution in [0.15, 0.2) is 11.0 Å². The number of nitrogens with zero attached hydrogens (tertiary/aromatic N) is 2. The van der Waals surface area contributed by atoms with Crippen LogP contribution in [0.3, 0.4) is 0 Å². The van der Waals surface area contributed by atoms with Crippen LogP contribution in [0.1, 0.15) is 48.8 Å². The van der Waals surface area contributed by atoms with Crippen molar-refractivity contribution in [1.82, 2.24) is 25.5 Å². The van der Waals surface area contributed by atoms with Crippen molar-refractivity contribution in [3.8, 4) is 10.4 Å². The fraction of sp³-hybridized carbons (Fsp3) is 0.471. The normalized spacial score (nSPS) is 20.6. The molecule has 1 saturated heterocycles. The molecule has 1 fully saturated rings. The highest BCUT2D eigenvalue weighted by Gasteiger charge is 2.25. The first-order valence-electron chi connectivity index (χ1n) is 8.63. The fourth-order valence-corrected chi connectivity index (χ4v) is 5.11. The molecule has 0 aromatic carbocycles. The van der Waals surface area contributed by atoms with Crippen LogP contribution in [0, 0.1) is 0 Å². The molecule has 0 amide bonds. The Hall–Kier alpha value is -1.99. The molecule has 1 atom stereocenters. The van der Waals surface area contributed by atoms with Gasteiger partial charge in [-0.15, -0.1) is 11.3 Å². The monoisotopic (exact) mass is 341 g/mol. The van der Waals surface area contributed by atoms with Crippen LogP contribution in [-0.2, 0) is 12.8 Å². The summed E-state index contributed by atoms with van der Waals surface area (Å²) < 4.78 is 0.744. The van der Waals surface area contributed by atoms with Gasteiger partial charge in [-0.25, -0.2) is 4.98 Å². The van der Waals surface area contributed by atoms with Gasteiger partial charge in [-0.2, -0.15) is 5.10 Å². The van der Waals surface area contributed by atoms with E-state index >= 15 is 0 Å². The van der Waals surface area contributed by atoms with Gasteiger partial charge in [0, 0.05) is 16.6 Å². The van der Waals surface area contributed by atoms with Gasteiger partial charge in [-0.3, -0.25) is 9.89 Å². The maximum atomic E-state index is 12.7. The van der Waals surface area contributed by atoms with Crippen LogP contribution in [0.2, 0.25) is 0 Å². The molecular formula is C17H19N5OS. The lowest BCUT2D eigenvalue weighted by molar-refractivity contribution is 0.397. The third-order valence-electron chi connectivity index (χ3n) is 5.10. The largest absolute Gasteiger partial charge is 0.308 e. The number of hydrogen-bond acceptors (Lipinski definition) is 5. The maximum Gasteiger partial charge on any atom is 0.268 e. The SMILES string of the molecule is O=c1[nH]c(C2CCCCN2)nc2c3c(sc12)-c1c[nH]nc1CCC3. The summed E-state index contributed by atoms with van der Waals surface area (Å²) in [5.74, 6) is 0.796. The Morgan fingerprint density at radius 2 is 2.17 bits per heavy atom. The van der Waals surface area contributed by atoms with E-state index in [0.29, 0.717) is 0 Å². The molecule has 7 heteroatoms. The molecule has 0 bridgehead atoms. The van der Waals surface area contributed by atoms with E-state index in [-0.39, 0.29) is 11.6 Å². The molecule has 3 N–H and O–H groups in total. The van der Waals surface area contributed by atoms with E-state index in [1.54, 1.807) is 11.3 Å². The molecule has 2 aliphatic rings. The van der Waals surface area contributed by atoms with Gasteiger partial charge in [0.15, 0.2) is 0 Å². The third-order valence-corrected chi connectivity index (χ3v) is 6.36. The summed E-state index contributed by atoms with van der Waals surface area (Å²) >= 11 is 1.56. The van der Waals surface area contributed by atoms with E-state index in [1.807, 2.05) is 6.20 Å². The van der Waals surface area contributed by atoms with Gasteiger partial charge in [-0.1, -0.05) is 6.42 Å². The van der Waals surface area contributed by atoms with Crippen molar-refractivity contribution in [1.29, 1.82) is 0 Å². The van der Waals surface area contributed by atoms with Gasteiger partial charge in [0.1, 0.15) is 10.5 Å². The lowest BCUT2D eigenvalue weighted by Gasteiger charge is -2.22. The molecule has 1 aliphatic heterocycles. The van der Waals surface area contributed by atoms with Crippen molar-refractivity contribution >= 4 is 21.6 Å². The van der Waals surface area contributed by atoms with E-state index in [2.05, 4.69) is 20.5 Å². The van der Waals surface area contributed by atoms with Crippen LogP contribution >= 0.6 is 11.3 Å². The van der Waals surface area contributed by atoms with Crippen LogP contribution < -0.4 is 10.9 Å². The zero-order chi connectivity index (χ0) is 16.1. The molecule has 3 aromatic heterocycles.